The molecule has 27 heavy (non-hydrogen) atoms. The van der Waals surface area contributed by atoms with Crippen molar-refractivity contribution < 1.29 is 19.0 Å². The van der Waals surface area contributed by atoms with E-state index >= 15 is 0 Å². The van der Waals surface area contributed by atoms with Crippen molar-refractivity contribution in [3.05, 3.63) is 22.7 Å². The second-order valence-corrected chi connectivity index (χ2v) is 6.89. The average molecular weight is 399 g/mol. The van der Waals surface area contributed by atoms with Crippen LogP contribution in [0.1, 0.15) is 43.5 Å². The van der Waals surface area contributed by atoms with Crippen molar-refractivity contribution in [2.75, 3.05) is 52.6 Å². The third-order valence-corrected chi connectivity index (χ3v) is 4.64. The molecule has 0 atom stereocenters. The molecule has 1 aliphatic rings. The minimum Gasteiger partial charge on any atom is -0.490 e. The van der Waals surface area contributed by atoms with E-state index in [-0.39, 0.29) is 5.91 Å². The molecule has 0 bridgehead atoms. The molecule has 0 unspecified atom stereocenters. The maximum atomic E-state index is 12.5. The van der Waals surface area contributed by atoms with Gasteiger partial charge in [-0.2, -0.15) is 0 Å². The molecule has 1 amide bonds. The van der Waals surface area contributed by atoms with Crippen molar-refractivity contribution >= 4 is 17.5 Å². The molecule has 0 spiro atoms. The van der Waals surface area contributed by atoms with Gasteiger partial charge in [0, 0.05) is 25.2 Å². The number of benzene rings is 1. The lowest BCUT2D eigenvalue weighted by Crippen LogP contribution is -2.38. The fraction of sp³-hybridized carbons (Fsp3) is 0.650. The van der Waals surface area contributed by atoms with Crippen LogP contribution >= 0.6 is 11.6 Å². The third-order valence-electron chi connectivity index (χ3n) is 4.36. The van der Waals surface area contributed by atoms with Crippen LogP contribution in [0.15, 0.2) is 12.1 Å². The number of carbonyl (C=O) groups excluding carboxylic acids is 1. The first-order valence-electron chi connectivity index (χ1n) is 9.83. The van der Waals surface area contributed by atoms with E-state index in [0.29, 0.717) is 41.8 Å². The summed E-state index contributed by atoms with van der Waals surface area (Å²) in [4.78, 5) is 14.8. The van der Waals surface area contributed by atoms with E-state index in [4.69, 9.17) is 25.8 Å². The zero-order valence-electron chi connectivity index (χ0n) is 16.4. The van der Waals surface area contributed by atoms with Crippen LogP contribution in [-0.2, 0) is 4.74 Å². The summed E-state index contributed by atoms with van der Waals surface area (Å²) >= 11 is 6.35. The summed E-state index contributed by atoms with van der Waals surface area (Å²) in [5.74, 6) is 0.871. The van der Waals surface area contributed by atoms with Crippen LogP contribution in [0, 0.1) is 0 Å². The Labute approximate surface area is 167 Å². The zero-order valence-corrected chi connectivity index (χ0v) is 17.1. The number of morpholine rings is 1. The fourth-order valence-electron chi connectivity index (χ4n) is 2.85. The quantitative estimate of drug-likeness (QED) is 0.579. The molecule has 1 aromatic carbocycles. The first-order chi connectivity index (χ1) is 13.2. The first-order valence-corrected chi connectivity index (χ1v) is 10.2. The second-order valence-electron chi connectivity index (χ2n) is 6.48. The van der Waals surface area contributed by atoms with Crippen molar-refractivity contribution in [3.63, 3.8) is 0 Å². The van der Waals surface area contributed by atoms with Gasteiger partial charge in [0.15, 0.2) is 11.5 Å². The second kappa shape index (κ2) is 12.1. The number of amides is 1. The van der Waals surface area contributed by atoms with E-state index in [1.54, 1.807) is 12.1 Å². The van der Waals surface area contributed by atoms with E-state index < -0.39 is 0 Å². The zero-order chi connectivity index (χ0) is 19.5. The molecular formula is C20H31ClN2O4. The number of nitrogens with one attached hydrogen (secondary N) is 1. The highest BCUT2D eigenvalue weighted by atomic mass is 35.5. The Morgan fingerprint density at radius 1 is 1.22 bits per heavy atom. The normalized spacial score (nSPS) is 14.8. The van der Waals surface area contributed by atoms with Gasteiger partial charge in [-0.1, -0.05) is 24.9 Å². The van der Waals surface area contributed by atoms with Gasteiger partial charge in [-0.15, -0.1) is 0 Å². The maximum absolute atomic E-state index is 12.5. The van der Waals surface area contributed by atoms with Gasteiger partial charge in [-0.25, -0.2) is 0 Å². The average Bonchev–Trinajstić information content (AvgIpc) is 2.68. The standard InChI is InChI=1S/C20H31ClN2O4/c1-3-5-11-27-19-17(21)14-16(15-18(19)26-4-2)20(24)22-7-6-8-23-9-12-25-13-10-23/h14-15H,3-13H2,1-2H3,(H,22,24). The van der Waals surface area contributed by atoms with Gasteiger partial charge in [-0.05, 0) is 38.4 Å². The third kappa shape index (κ3) is 7.20. The van der Waals surface area contributed by atoms with Crippen LogP contribution in [-0.4, -0.2) is 63.4 Å². The Morgan fingerprint density at radius 3 is 2.70 bits per heavy atom. The Balaban J connectivity index is 1.90. The molecule has 0 aliphatic carbocycles. The summed E-state index contributed by atoms with van der Waals surface area (Å²) in [7, 11) is 0. The number of unbranched alkanes of at least 4 members (excludes halogenated alkanes) is 1. The Morgan fingerprint density at radius 2 is 2.00 bits per heavy atom. The van der Waals surface area contributed by atoms with Gasteiger partial charge in [0.25, 0.3) is 5.91 Å². The SMILES string of the molecule is CCCCOc1c(Cl)cc(C(=O)NCCCN2CCOCC2)cc1OCC. The van der Waals surface area contributed by atoms with E-state index in [9.17, 15) is 4.79 Å². The van der Waals surface area contributed by atoms with Gasteiger partial charge in [-0.3, -0.25) is 9.69 Å². The van der Waals surface area contributed by atoms with Crippen molar-refractivity contribution in [2.45, 2.75) is 33.1 Å². The van der Waals surface area contributed by atoms with Crippen molar-refractivity contribution in [1.29, 1.82) is 0 Å². The van der Waals surface area contributed by atoms with Gasteiger partial charge in [0.05, 0.1) is 31.5 Å². The molecule has 1 N–H and O–H groups in total. The molecule has 0 aromatic heterocycles. The van der Waals surface area contributed by atoms with E-state index in [0.717, 1.165) is 52.1 Å². The van der Waals surface area contributed by atoms with Crippen LogP contribution in [0.3, 0.4) is 0 Å². The Hall–Kier alpha value is -1.50. The molecule has 1 saturated heterocycles. The number of nitrogens with zero attached hydrogens (tertiary/aromatic N) is 1. The molecule has 0 saturated carbocycles. The molecule has 2 rings (SSSR count). The fourth-order valence-corrected chi connectivity index (χ4v) is 3.12. The van der Waals surface area contributed by atoms with Crippen LogP contribution in [0.4, 0.5) is 0 Å². The van der Waals surface area contributed by atoms with Gasteiger partial charge < -0.3 is 19.5 Å². The smallest absolute Gasteiger partial charge is 0.251 e. The van der Waals surface area contributed by atoms with Gasteiger partial charge in [0.2, 0.25) is 0 Å². The van der Waals surface area contributed by atoms with Crippen molar-refractivity contribution in [1.82, 2.24) is 10.2 Å². The maximum Gasteiger partial charge on any atom is 0.251 e. The van der Waals surface area contributed by atoms with Gasteiger partial charge in [0.1, 0.15) is 0 Å². The summed E-state index contributed by atoms with van der Waals surface area (Å²) in [6.07, 6.45) is 2.87. The number of rotatable bonds is 11. The monoisotopic (exact) mass is 398 g/mol. The highest BCUT2D eigenvalue weighted by Crippen LogP contribution is 2.36. The molecule has 1 aromatic rings. The van der Waals surface area contributed by atoms with Gasteiger partial charge >= 0.3 is 0 Å². The molecule has 152 valence electrons. The Bertz CT molecular complexity index is 592. The van der Waals surface area contributed by atoms with E-state index in [1.807, 2.05) is 6.92 Å². The molecule has 7 heteroatoms. The molecule has 0 radical (unpaired) electrons. The first kappa shape index (κ1) is 21.8. The topological polar surface area (TPSA) is 60.0 Å². The number of hydrogen-bond acceptors (Lipinski definition) is 5. The Kier molecular flexibility index (Phi) is 9.73. The number of halogens is 1. The summed E-state index contributed by atoms with van der Waals surface area (Å²) in [5, 5.41) is 3.35. The van der Waals surface area contributed by atoms with Crippen LogP contribution in [0.2, 0.25) is 5.02 Å². The predicted molar refractivity (Wildman–Crippen MR) is 107 cm³/mol. The number of carbonyl (C=O) groups is 1. The summed E-state index contributed by atoms with van der Waals surface area (Å²) in [5.41, 5.74) is 0.484. The lowest BCUT2D eigenvalue weighted by molar-refractivity contribution is 0.0374. The molecule has 6 nitrogen and oxygen atoms in total. The largest absolute Gasteiger partial charge is 0.490 e. The van der Waals surface area contributed by atoms with Crippen molar-refractivity contribution in [2.24, 2.45) is 0 Å². The predicted octanol–water partition coefficient (Wildman–Crippen LogP) is 3.37. The lowest BCUT2D eigenvalue weighted by atomic mass is 10.2. The summed E-state index contributed by atoms with van der Waals surface area (Å²) in [6.45, 7) is 10.1. The summed E-state index contributed by atoms with van der Waals surface area (Å²) < 4.78 is 16.7. The van der Waals surface area contributed by atoms with Crippen LogP contribution in [0.5, 0.6) is 11.5 Å². The summed E-state index contributed by atoms with van der Waals surface area (Å²) in [6, 6.07) is 3.34. The number of hydrogen-bond donors (Lipinski definition) is 1. The highest BCUT2D eigenvalue weighted by molar-refractivity contribution is 6.32. The highest BCUT2D eigenvalue weighted by Gasteiger charge is 2.16. The van der Waals surface area contributed by atoms with Crippen LogP contribution in [0.25, 0.3) is 0 Å². The van der Waals surface area contributed by atoms with E-state index in [1.165, 1.54) is 0 Å². The minimum atomic E-state index is -0.153. The van der Waals surface area contributed by atoms with Crippen LogP contribution < -0.4 is 14.8 Å². The lowest BCUT2D eigenvalue weighted by Gasteiger charge is -2.26. The molecular weight excluding hydrogens is 368 g/mol. The number of ether oxygens (including phenoxy) is 3. The molecule has 1 fully saturated rings. The van der Waals surface area contributed by atoms with E-state index in [2.05, 4.69) is 17.1 Å². The minimum absolute atomic E-state index is 0.153. The molecule has 1 heterocycles. The molecule has 1 aliphatic heterocycles. The van der Waals surface area contributed by atoms with Crippen molar-refractivity contribution in [3.8, 4) is 11.5 Å².